The van der Waals surface area contributed by atoms with Gasteiger partial charge in [-0.3, -0.25) is 5.32 Å². The molecule has 2 aliphatic heterocycles. The van der Waals surface area contributed by atoms with Crippen LogP contribution in [-0.2, 0) is 26.6 Å². The minimum atomic E-state index is -3.60. The first-order valence-corrected chi connectivity index (χ1v) is 18.0. The molecule has 12 heteroatoms. The lowest BCUT2D eigenvalue weighted by molar-refractivity contribution is 0.122. The number of hydrogen-bond donors (Lipinski definition) is 2. The minimum absolute atomic E-state index is 0.184. The molecule has 6 rings (SSSR count). The van der Waals surface area contributed by atoms with Gasteiger partial charge in [0.1, 0.15) is 16.5 Å². The Morgan fingerprint density at radius 1 is 0.917 bits per heavy atom. The second kappa shape index (κ2) is 14.1. The van der Waals surface area contributed by atoms with E-state index in [0.29, 0.717) is 43.7 Å². The van der Waals surface area contributed by atoms with Gasteiger partial charge in [-0.1, -0.05) is 50.6 Å². The molecule has 0 spiro atoms. The van der Waals surface area contributed by atoms with Gasteiger partial charge in [0.15, 0.2) is 0 Å². The lowest BCUT2D eigenvalue weighted by Gasteiger charge is -2.31. The molecule has 4 aromatic rings. The molecule has 11 nitrogen and oxygen atoms in total. The van der Waals surface area contributed by atoms with Gasteiger partial charge in [0.05, 0.1) is 24.6 Å². The quantitative estimate of drug-likeness (QED) is 0.236. The van der Waals surface area contributed by atoms with Gasteiger partial charge < -0.3 is 15.0 Å². The van der Waals surface area contributed by atoms with Crippen molar-refractivity contribution in [3.05, 3.63) is 89.7 Å². The van der Waals surface area contributed by atoms with Crippen molar-refractivity contribution in [1.82, 2.24) is 19.1 Å². The maximum absolute atomic E-state index is 13.3. The zero-order chi connectivity index (χ0) is 33.9. The van der Waals surface area contributed by atoms with E-state index in [2.05, 4.69) is 41.3 Å². The molecule has 2 aliphatic rings. The third kappa shape index (κ3) is 7.88. The number of amides is 2. The van der Waals surface area contributed by atoms with Crippen LogP contribution in [0.5, 0.6) is 0 Å². The number of anilines is 3. The van der Waals surface area contributed by atoms with Gasteiger partial charge in [0.25, 0.3) is 0 Å². The predicted octanol–water partition coefficient (Wildman–Crippen LogP) is 6.00. The standard InChI is InChI=1S/C36H45N7O4S/c1-26-5-11-30(12-6-26)43-34(24-32(40-43)36(2,3)4)39-35(44)38-29-9-7-27(8-10-29)23-28-15-17-42(18-16-28)48(45,46)31-13-14-33(37-25-31)41-19-21-47-22-20-41/h5-14,24-25,28H,15-23H2,1-4H3,(H2,38,39,44). The summed E-state index contributed by atoms with van der Waals surface area (Å²) in [7, 11) is -3.60. The van der Waals surface area contributed by atoms with Crippen LogP contribution in [0.15, 0.2) is 77.8 Å². The number of ether oxygens (including phenoxy) is 1. The molecule has 4 heterocycles. The van der Waals surface area contributed by atoms with Crippen LogP contribution in [0, 0.1) is 12.8 Å². The normalized spacial score (nSPS) is 16.5. The molecular weight excluding hydrogens is 627 g/mol. The van der Waals surface area contributed by atoms with Crippen molar-refractivity contribution in [2.24, 2.45) is 5.92 Å². The third-order valence-electron chi connectivity index (χ3n) is 9.00. The number of aromatic nitrogens is 3. The van der Waals surface area contributed by atoms with Crippen LogP contribution in [0.25, 0.3) is 5.69 Å². The van der Waals surface area contributed by atoms with Crippen molar-refractivity contribution in [3.63, 3.8) is 0 Å². The molecule has 2 aromatic carbocycles. The first-order chi connectivity index (χ1) is 23.0. The first-order valence-electron chi connectivity index (χ1n) is 16.6. The Kier molecular flexibility index (Phi) is 9.86. The van der Waals surface area contributed by atoms with E-state index in [4.69, 9.17) is 9.84 Å². The fourth-order valence-corrected chi connectivity index (χ4v) is 7.48. The number of urea groups is 1. The Bertz CT molecular complexity index is 1800. The van der Waals surface area contributed by atoms with Crippen LogP contribution in [0.2, 0.25) is 0 Å². The summed E-state index contributed by atoms with van der Waals surface area (Å²) >= 11 is 0. The van der Waals surface area contributed by atoms with Gasteiger partial charge in [-0.25, -0.2) is 22.9 Å². The van der Waals surface area contributed by atoms with E-state index in [0.717, 1.165) is 60.7 Å². The van der Waals surface area contributed by atoms with E-state index in [-0.39, 0.29) is 16.3 Å². The molecule has 0 atom stereocenters. The molecular formula is C36H45N7O4S. The van der Waals surface area contributed by atoms with Gasteiger partial charge >= 0.3 is 6.03 Å². The van der Waals surface area contributed by atoms with E-state index in [1.165, 1.54) is 6.20 Å². The van der Waals surface area contributed by atoms with Gasteiger partial charge in [-0.15, -0.1) is 0 Å². The summed E-state index contributed by atoms with van der Waals surface area (Å²) < 4.78 is 35.4. The molecule has 2 amide bonds. The average molecular weight is 672 g/mol. The van der Waals surface area contributed by atoms with E-state index >= 15 is 0 Å². The maximum Gasteiger partial charge on any atom is 0.324 e. The van der Waals surface area contributed by atoms with Crippen molar-refractivity contribution in [3.8, 4) is 5.69 Å². The minimum Gasteiger partial charge on any atom is -0.378 e. The number of hydrogen-bond acceptors (Lipinski definition) is 7. The Morgan fingerprint density at radius 2 is 1.60 bits per heavy atom. The summed E-state index contributed by atoms with van der Waals surface area (Å²) in [5.74, 6) is 1.74. The van der Waals surface area contributed by atoms with E-state index in [1.807, 2.05) is 61.5 Å². The molecule has 2 fully saturated rings. The first kappa shape index (κ1) is 33.6. The van der Waals surface area contributed by atoms with Crippen molar-refractivity contribution >= 4 is 33.4 Å². The van der Waals surface area contributed by atoms with Crippen molar-refractivity contribution < 1.29 is 17.9 Å². The molecule has 48 heavy (non-hydrogen) atoms. The summed E-state index contributed by atoms with van der Waals surface area (Å²) in [6.45, 7) is 12.1. The highest BCUT2D eigenvalue weighted by Gasteiger charge is 2.30. The number of piperidine rings is 1. The zero-order valence-electron chi connectivity index (χ0n) is 28.1. The highest BCUT2D eigenvalue weighted by atomic mass is 32.2. The lowest BCUT2D eigenvalue weighted by atomic mass is 9.91. The van der Waals surface area contributed by atoms with Crippen LogP contribution in [0.4, 0.5) is 22.1 Å². The van der Waals surface area contributed by atoms with Crippen LogP contribution in [0.3, 0.4) is 0 Å². The van der Waals surface area contributed by atoms with Gasteiger partial charge in [0, 0.05) is 49.5 Å². The molecule has 2 saturated heterocycles. The summed E-state index contributed by atoms with van der Waals surface area (Å²) in [6.07, 6.45) is 3.89. The molecule has 0 unspecified atom stereocenters. The molecule has 2 N–H and O–H groups in total. The number of morpholine rings is 1. The Hall–Kier alpha value is -4.26. The monoisotopic (exact) mass is 671 g/mol. The van der Waals surface area contributed by atoms with E-state index < -0.39 is 10.0 Å². The predicted molar refractivity (Wildman–Crippen MR) is 189 cm³/mol. The topological polar surface area (TPSA) is 122 Å². The summed E-state index contributed by atoms with van der Waals surface area (Å²) in [6, 6.07) is 20.9. The highest BCUT2D eigenvalue weighted by Crippen LogP contribution is 2.29. The lowest BCUT2D eigenvalue weighted by Crippen LogP contribution is -2.39. The number of benzene rings is 2. The number of nitrogens with one attached hydrogen (secondary N) is 2. The molecule has 2 aromatic heterocycles. The van der Waals surface area contributed by atoms with Crippen LogP contribution in [-0.4, -0.2) is 72.9 Å². The van der Waals surface area contributed by atoms with Gasteiger partial charge in [-0.05, 0) is 74.1 Å². The van der Waals surface area contributed by atoms with Crippen molar-refractivity contribution in [2.75, 3.05) is 54.9 Å². The number of carbonyl (C=O) groups is 1. The molecule has 0 radical (unpaired) electrons. The summed E-state index contributed by atoms with van der Waals surface area (Å²) in [5.41, 5.74) is 4.54. The van der Waals surface area contributed by atoms with Crippen molar-refractivity contribution in [1.29, 1.82) is 0 Å². The largest absolute Gasteiger partial charge is 0.378 e. The molecule has 254 valence electrons. The number of pyridine rings is 1. The van der Waals surface area contributed by atoms with Gasteiger partial charge in [-0.2, -0.15) is 9.40 Å². The SMILES string of the molecule is Cc1ccc(-n2nc(C(C)(C)C)cc2NC(=O)Nc2ccc(CC3CCN(S(=O)(=O)c4ccc(N5CCOCC5)nc4)CC3)cc2)cc1. The molecule has 0 saturated carbocycles. The average Bonchev–Trinajstić information content (AvgIpc) is 3.51. The Balaban J connectivity index is 1.01. The van der Waals surface area contributed by atoms with Gasteiger partial charge in [0.2, 0.25) is 10.0 Å². The van der Waals surface area contributed by atoms with E-state index in [1.54, 1.807) is 21.1 Å². The molecule has 0 aliphatic carbocycles. The smallest absolute Gasteiger partial charge is 0.324 e. The second-order valence-electron chi connectivity index (χ2n) is 13.7. The number of aryl methyl sites for hydroxylation is 1. The fourth-order valence-electron chi connectivity index (χ4n) is 6.06. The molecule has 0 bridgehead atoms. The van der Waals surface area contributed by atoms with E-state index in [9.17, 15) is 13.2 Å². The second-order valence-corrected chi connectivity index (χ2v) is 15.6. The third-order valence-corrected chi connectivity index (χ3v) is 10.9. The summed E-state index contributed by atoms with van der Waals surface area (Å²) in [4.78, 5) is 19.8. The fraction of sp³-hybridized carbons (Fsp3) is 0.417. The number of carbonyl (C=O) groups excluding carboxylic acids is 1. The number of sulfonamides is 1. The van der Waals surface area contributed by atoms with Crippen molar-refractivity contribution in [2.45, 2.75) is 57.3 Å². The van der Waals surface area contributed by atoms with Crippen LogP contribution < -0.4 is 15.5 Å². The zero-order valence-corrected chi connectivity index (χ0v) is 29.0. The van der Waals surface area contributed by atoms with Crippen LogP contribution >= 0.6 is 0 Å². The highest BCUT2D eigenvalue weighted by molar-refractivity contribution is 7.89. The maximum atomic E-state index is 13.3. The number of rotatable bonds is 8. The Morgan fingerprint density at radius 3 is 2.23 bits per heavy atom. The number of nitrogens with zero attached hydrogens (tertiary/aromatic N) is 5. The Labute approximate surface area is 283 Å². The summed E-state index contributed by atoms with van der Waals surface area (Å²) in [5, 5.41) is 10.7. The van der Waals surface area contributed by atoms with Crippen LogP contribution in [0.1, 0.15) is 50.4 Å².